The van der Waals surface area contributed by atoms with E-state index >= 15 is 0 Å². The molecule has 2 heterocycles. The standard InChI is InChI=1S/C16H33N3/c1-3-6-16(7-4-2)14-19(15-16)11-5-10-18-12-8-17-9-13-18/h17H,3-15H2,1-2H3. The van der Waals surface area contributed by atoms with Crippen LogP contribution in [0.5, 0.6) is 0 Å². The first-order valence-electron chi connectivity index (χ1n) is 8.43. The molecule has 3 nitrogen and oxygen atoms in total. The summed E-state index contributed by atoms with van der Waals surface area (Å²) < 4.78 is 0. The highest BCUT2D eigenvalue weighted by atomic mass is 15.2. The maximum atomic E-state index is 3.42. The van der Waals surface area contributed by atoms with Gasteiger partial charge in [0.15, 0.2) is 0 Å². The topological polar surface area (TPSA) is 18.5 Å². The van der Waals surface area contributed by atoms with E-state index in [1.165, 1.54) is 84.5 Å². The molecule has 19 heavy (non-hydrogen) atoms. The Hall–Kier alpha value is -0.120. The van der Waals surface area contributed by atoms with Crippen LogP contribution in [0.2, 0.25) is 0 Å². The van der Waals surface area contributed by atoms with Gasteiger partial charge < -0.3 is 15.1 Å². The fourth-order valence-electron chi connectivity index (χ4n) is 4.02. The first-order valence-corrected chi connectivity index (χ1v) is 8.43. The molecule has 0 aromatic rings. The Morgan fingerprint density at radius 1 is 0.895 bits per heavy atom. The van der Waals surface area contributed by atoms with E-state index in [0.29, 0.717) is 5.41 Å². The van der Waals surface area contributed by atoms with Gasteiger partial charge >= 0.3 is 0 Å². The van der Waals surface area contributed by atoms with E-state index in [0.717, 1.165) is 0 Å². The van der Waals surface area contributed by atoms with Crippen molar-refractivity contribution in [2.45, 2.75) is 46.0 Å². The fraction of sp³-hybridized carbons (Fsp3) is 1.00. The zero-order chi connectivity index (χ0) is 13.6. The molecule has 0 bridgehead atoms. The van der Waals surface area contributed by atoms with Crippen molar-refractivity contribution >= 4 is 0 Å². The van der Waals surface area contributed by atoms with Crippen LogP contribution in [-0.2, 0) is 0 Å². The molecule has 0 unspecified atom stereocenters. The minimum atomic E-state index is 0.693. The van der Waals surface area contributed by atoms with Crippen LogP contribution in [0.4, 0.5) is 0 Å². The van der Waals surface area contributed by atoms with Gasteiger partial charge in [0.05, 0.1) is 0 Å². The van der Waals surface area contributed by atoms with E-state index in [9.17, 15) is 0 Å². The largest absolute Gasteiger partial charge is 0.314 e. The van der Waals surface area contributed by atoms with Crippen LogP contribution < -0.4 is 5.32 Å². The number of likely N-dealkylation sites (tertiary alicyclic amines) is 1. The normalized spacial score (nSPS) is 24.3. The van der Waals surface area contributed by atoms with Crippen LogP contribution in [0, 0.1) is 5.41 Å². The molecule has 2 fully saturated rings. The number of nitrogens with zero attached hydrogens (tertiary/aromatic N) is 2. The first kappa shape index (κ1) is 15.3. The van der Waals surface area contributed by atoms with Crippen LogP contribution in [0.1, 0.15) is 46.0 Å². The van der Waals surface area contributed by atoms with Crippen molar-refractivity contribution in [3.63, 3.8) is 0 Å². The average Bonchev–Trinajstić information content (AvgIpc) is 2.38. The van der Waals surface area contributed by atoms with Gasteiger partial charge in [-0.3, -0.25) is 0 Å². The predicted octanol–water partition coefficient (Wildman–Crippen LogP) is 2.18. The smallest absolute Gasteiger partial charge is 0.0107 e. The van der Waals surface area contributed by atoms with Crippen molar-refractivity contribution in [3.8, 4) is 0 Å². The number of hydrogen-bond acceptors (Lipinski definition) is 3. The second-order valence-corrected chi connectivity index (χ2v) is 6.66. The third-order valence-corrected chi connectivity index (χ3v) is 4.84. The number of rotatable bonds is 8. The summed E-state index contributed by atoms with van der Waals surface area (Å²) in [6.45, 7) is 14.9. The molecule has 1 N–H and O–H groups in total. The molecule has 0 aromatic heterocycles. The number of hydrogen-bond donors (Lipinski definition) is 1. The lowest BCUT2D eigenvalue weighted by molar-refractivity contribution is -0.0163. The molecular weight excluding hydrogens is 234 g/mol. The van der Waals surface area contributed by atoms with E-state index in [2.05, 4.69) is 29.0 Å². The molecule has 0 atom stereocenters. The second-order valence-electron chi connectivity index (χ2n) is 6.66. The van der Waals surface area contributed by atoms with Crippen LogP contribution in [0.25, 0.3) is 0 Å². The number of nitrogens with one attached hydrogen (secondary N) is 1. The zero-order valence-corrected chi connectivity index (χ0v) is 13.1. The van der Waals surface area contributed by atoms with Gasteiger partial charge in [0, 0.05) is 39.3 Å². The van der Waals surface area contributed by atoms with Crippen molar-refractivity contribution in [2.24, 2.45) is 5.41 Å². The predicted molar refractivity (Wildman–Crippen MR) is 82.6 cm³/mol. The lowest BCUT2D eigenvalue weighted by Gasteiger charge is -2.51. The molecule has 112 valence electrons. The van der Waals surface area contributed by atoms with Crippen LogP contribution >= 0.6 is 0 Å². The molecule has 2 saturated heterocycles. The fourth-order valence-corrected chi connectivity index (χ4v) is 4.02. The van der Waals surface area contributed by atoms with Gasteiger partial charge in [-0.05, 0) is 37.8 Å². The highest BCUT2D eigenvalue weighted by Crippen LogP contribution is 2.39. The maximum Gasteiger partial charge on any atom is 0.0107 e. The van der Waals surface area contributed by atoms with Gasteiger partial charge in [0.1, 0.15) is 0 Å². The minimum Gasteiger partial charge on any atom is -0.314 e. The van der Waals surface area contributed by atoms with Gasteiger partial charge in [-0.1, -0.05) is 26.7 Å². The van der Waals surface area contributed by atoms with Gasteiger partial charge in [-0.15, -0.1) is 0 Å². The molecule has 0 aromatic carbocycles. The molecule has 0 radical (unpaired) electrons. The Labute approximate surface area is 119 Å². The molecule has 0 saturated carbocycles. The first-order chi connectivity index (χ1) is 9.28. The van der Waals surface area contributed by atoms with Crippen molar-refractivity contribution < 1.29 is 0 Å². The summed E-state index contributed by atoms with van der Waals surface area (Å²) in [5.41, 5.74) is 0.693. The highest BCUT2D eigenvalue weighted by Gasteiger charge is 2.40. The molecule has 0 amide bonds. The van der Waals surface area contributed by atoms with Crippen molar-refractivity contribution in [3.05, 3.63) is 0 Å². The third-order valence-electron chi connectivity index (χ3n) is 4.84. The summed E-state index contributed by atoms with van der Waals surface area (Å²) in [6.07, 6.45) is 6.95. The van der Waals surface area contributed by atoms with E-state index in [4.69, 9.17) is 0 Å². The zero-order valence-electron chi connectivity index (χ0n) is 13.1. The summed E-state index contributed by atoms with van der Waals surface area (Å²) in [6, 6.07) is 0. The minimum absolute atomic E-state index is 0.693. The van der Waals surface area contributed by atoms with Gasteiger partial charge in [-0.2, -0.15) is 0 Å². The maximum absolute atomic E-state index is 3.42. The number of piperazine rings is 1. The van der Waals surface area contributed by atoms with Crippen molar-refractivity contribution in [1.29, 1.82) is 0 Å². The Morgan fingerprint density at radius 3 is 2.05 bits per heavy atom. The molecule has 2 rings (SSSR count). The van der Waals surface area contributed by atoms with Crippen LogP contribution in [0.15, 0.2) is 0 Å². The molecule has 0 spiro atoms. The summed E-state index contributed by atoms with van der Waals surface area (Å²) >= 11 is 0. The quantitative estimate of drug-likeness (QED) is 0.727. The van der Waals surface area contributed by atoms with E-state index < -0.39 is 0 Å². The van der Waals surface area contributed by atoms with E-state index in [1.54, 1.807) is 0 Å². The van der Waals surface area contributed by atoms with Crippen molar-refractivity contribution in [1.82, 2.24) is 15.1 Å². The Bertz CT molecular complexity index is 234. The van der Waals surface area contributed by atoms with Gasteiger partial charge in [0.25, 0.3) is 0 Å². The SMILES string of the molecule is CCCC1(CCC)CN(CCCN2CCNCC2)C1. The third kappa shape index (κ3) is 4.44. The molecule has 2 aliphatic heterocycles. The summed E-state index contributed by atoms with van der Waals surface area (Å²) in [4.78, 5) is 5.30. The van der Waals surface area contributed by atoms with Gasteiger partial charge in [-0.25, -0.2) is 0 Å². The summed E-state index contributed by atoms with van der Waals surface area (Å²) in [5, 5.41) is 3.42. The monoisotopic (exact) mass is 267 g/mol. The van der Waals surface area contributed by atoms with Crippen LogP contribution in [-0.4, -0.2) is 62.2 Å². The second kappa shape index (κ2) is 7.61. The van der Waals surface area contributed by atoms with Crippen LogP contribution in [0.3, 0.4) is 0 Å². The average molecular weight is 267 g/mol. The molecule has 2 aliphatic rings. The van der Waals surface area contributed by atoms with Gasteiger partial charge in [0.2, 0.25) is 0 Å². The van der Waals surface area contributed by atoms with E-state index in [-0.39, 0.29) is 0 Å². The lowest BCUT2D eigenvalue weighted by Crippen LogP contribution is -2.56. The Balaban J connectivity index is 1.58. The highest BCUT2D eigenvalue weighted by molar-refractivity contribution is 4.94. The molecule has 3 heteroatoms. The molecule has 0 aliphatic carbocycles. The Morgan fingerprint density at radius 2 is 1.47 bits per heavy atom. The summed E-state index contributed by atoms with van der Waals surface area (Å²) in [5.74, 6) is 0. The van der Waals surface area contributed by atoms with Crippen molar-refractivity contribution in [2.75, 3.05) is 52.4 Å². The summed E-state index contributed by atoms with van der Waals surface area (Å²) in [7, 11) is 0. The Kier molecular flexibility index (Phi) is 6.11. The van der Waals surface area contributed by atoms with E-state index in [1.807, 2.05) is 0 Å². The molecular formula is C16H33N3. The lowest BCUT2D eigenvalue weighted by atomic mass is 9.72.